The first-order chi connectivity index (χ1) is 7.74. The van der Waals surface area contributed by atoms with Crippen molar-refractivity contribution in [2.75, 3.05) is 44.3 Å². The molecule has 0 saturated carbocycles. The molecule has 2 heterocycles. The summed E-state index contributed by atoms with van der Waals surface area (Å²) in [4.78, 5) is 10.6. The Morgan fingerprint density at radius 2 is 1.81 bits per heavy atom. The molecule has 1 aromatic heterocycles. The van der Waals surface area contributed by atoms with Gasteiger partial charge in [-0.2, -0.15) is 0 Å². The van der Waals surface area contributed by atoms with E-state index in [2.05, 4.69) is 14.9 Å². The minimum atomic E-state index is 0.435. The van der Waals surface area contributed by atoms with Gasteiger partial charge in [-0.25, -0.2) is 9.97 Å². The molecular weight excluding hydrogens is 206 g/mol. The van der Waals surface area contributed by atoms with Crippen LogP contribution in [0.5, 0.6) is 0 Å². The van der Waals surface area contributed by atoms with E-state index in [0.29, 0.717) is 17.5 Å². The van der Waals surface area contributed by atoms with Crippen molar-refractivity contribution in [2.45, 2.75) is 6.42 Å². The molecule has 0 aromatic carbocycles. The first-order valence-electron chi connectivity index (χ1n) is 5.43. The van der Waals surface area contributed by atoms with Gasteiger partial charge in [-0.15, -0.1) is 0 Å². The molecular formula is C10H17N5O. The predicted octanol–water partition coefficient (Wildman–Crippen LogP) is -0.484. The standard InChI is InChI=1S/C10H17N5O/c11-8-7-9(12)14-10(13-8)1-2-15-3-5-16-6-4-15/h7H,1-6H2,(H4,11,12,13,14). The third-order valence-corrected chi connectivity index (χ3v) is 2.57. The maximum absolute atomic E-state index is 5.60. The van der Waals surface area contributed by atoms with E-state index in [1.54, 1.807) is 6.07 Å². The summed E-state index contributed by atoms with van der Waals surface area (Å²) in [5.74, 6) is 1.58. The lowest BCUT2D eigenvalue weighted by atomic mass is 10.3. The summed E-state index contributed by atoms with van der Waals surface area (Å²) in [7, 11) is 0. The fourth-order valence-electron chi connectivity index (χ4n) is 1.73. The summed E-state index contributed by atoms with van der Waals surface area (Å²) in [6, 6.07) is 1.57. The van der Waals surface area contributed by atoms with E-state index in [1.165, 1.54) is 0 Å². The molecule has 0 radical (unpaired) electrons. The Morgan fingerprint density at radius 1 is 1.19 bits per heavy atom. The minimum Gasteiger partial charge on any atom is -0.384 e. The topological polar surface area (TPSA) is 90.3 Å². The number of morpholine rings is 1. The van der Waals surface area contributed by atoms with Gasteiger partial charge >= 0.3 is 0 Å². The van der Waals surface area contributed by atoms with Crippen LogP contribution >= 0.6 is 0 Å². The number of ether oxygens (including phenoxy) is 1. The Hall–Kier alpha value is -1.40. The van der Waals surface area contributed by atoms with Crippen molar-refractivity contribution in [3.05, 3.63) is 11.9 Å². The molecule has 0 amide bonds. The highest BCUT2D eigenvalue weighted by atomic mass is 16.5. The molecule has 6 heteroatoms. The van der Waals surface area contributed by atoms with E-state index >= 15 is 0 Å². The van der Waals surface area contributed by atoms with E-state index in [0.717, 1.165) is 39.3 Å². The van der Waals surface area contributed by atoms with Gasteiger partial charge in [-0.1, -0.05) is 0 Å². The van der Waals surface area contributed by atoms with Crippen LogP contribution in [-0.4, -0.2) is 47.7 Å². The van der Waals surface area contributed by atoms with Gasteiger partial charge < -0.3 is 16.2 Å². The Labute approximate surface area is 94.6 Å². The number of aromatic nitrogens is 2. The summed E-state index contributed by atoms with van der Waals surface area (Å²) in [6.45, 7) is 4.47. The van der Waals surface area contributed by atoms with Crippen molar-refractivity contribution in [1.29, 1.82) is 0 Å². The zero-order valence-electron chi connectivity index (χ0n) is 9.22. The molecule has 1 saturated heterocycles. The van der Waals surface area contributed by atoms with E-state index in [9.17, 15) is 0 Å². The fourth-order valence-corrected chi connectivity index (χ4v) is 1.73. The van der Waals surface area contributed by atoms with Crippen molar-refractivity contribution in [2.24, 2.45) is 0 Å². The average molecular weight is 223 g/mol. The normalized spacial score (nSPS) is 17.5. The number of nitrogen functional groups attached to an aromatic ring is 2. The van der Waals surface area contributed by atoms with Crippen LogP contribution in [0.15, 0.2) is 6.07 Å². The maximum atomic E-state index is 5.60. The summed E-state index contributed by atoms with van der Waals surface area (Å²) in [6.07, 6.45) is 0.773. The van der Waals surface area contributed by atoms with Crippen LogP contribution in [0.1, 0.15) is 5.82 Å². The molecule has 16 heavy (non-hydrogen) atoms. The van der Waals surface area contributed by atoms with Crippen LogP contribution in [0.4, 0.5) is 11.6 Å². The number of nitrogens with zero attached hydrogens (tertiary/aromatic N) is 3. The molecule has 88 valence electrons. The maximum Gasteiger partial charge on any atom is 0.134 e. The lowest BCUT2D eigenvalue weighted by Gasteiger charge is -2.26. The molecule has 6 nitrogen and oxygen atoms in total. The molecule has 2 rings (SSSR count). The van der Waals surface area contributed by atoms with Crippen LogP contribution in [-0.2, 0) is 11.2 Å². The summed E-state index contributed by atoms with van der Waals surface area (Å²) in [5.41, 5.74) is 11.2. The van der Waals surface area contributed by atoms with Crippen LogP contribution < -0.4 is 11.5 Å². The first kappa shape index (κ1) is 11.1. The van der Waals surface area contributed by atoms with Gasteiger partial charge in [0, 0.05) is 32.1 Å². The van der Waals surface area contributed by atoms with Gasteiger partial charge in [0.2, 0.25) is 0 Å². The second-order valence-electron chi connectivity index (χ2n) is 3.84. The summed E-state index contributed by atoms with van der Waals surface area (Å²) < 4.78 is 5.28. The molecule has 0 unspecified atom stereocenters. The van der Waals surface area contributed by atoms with Gasteiger partial charge in [-0.3, -0.25) is 4.90 Å². The number of hydrogen-bond donors (Lipinski definition) is 2. The van der Waals surface area contributed by atoms with Crippen molar-refractivity contribution < 1.29 is 4.74 Å². The number of anilines is 2. The van der Waals surface area contributed by atoms with Gasteiger partial charge in [0.05, 0.1) is 13.2 Å². The number of nitrogens with two attached hydrogens (primary N) is 2. The second kappa shape index (κ2) is 5.09. The quantitative estimate of drug-likeness (QED) is 0.719. The van der Waals surface area contributed by atoms with Crippen LogP contribution in [0.2, 0.25) is 0 Å². The molecule has 4 N–H and O–H groups in total. The van der Waals surface area contributed by atoms with E-state index < -0.39 is 0 Å². The van der Waals surface area contributed by atoms with Gasteiger partial charge in [-0.05, 0) is 0 Å². The van der Waals surface area contributed by atoms with E-state index in [1.807, 2.05) is 0 Å². The monoisotopic (exact) mass is 223 g/mol. The van der Waals surface area contributed by atoms with Crippen LogP contribution in [0.25, 0.3) is 0 Å². The summed E-state index contributed by atoms with van der Waals surface area (Å²) >= 11 is 0. The molecule has 1 fully saturated rings. The van der Waals surface area contributed by atoms with Gasteiger partial charge in [0.1, 0.15) is 17.5 Å². The Balaban J connectivity index is 1.88. The molecule has 0 atom stereocenters. The Morgan fingerprint density at radius 3 is 2.44 bits per heavy atom. The molecule has 1 aliphatic heterocycles. The molecule has 0 spiro atoms. The lowest BCUT2D eigenvalue weighted by molar-refractivity contribution is 0.0382. The molecule has 0 aliphatic carbocycles. The third kappa shape index (κ3) is 3.04. The number of hydrogen-bond acceptors (Lipinski definition) is 6. The Kier molecular flexibility index (Phi) is 3.53. The number of rotatable bonds is 3. The molecule has 1 aliphatic rings. The zero-order chi connectivity index (χ0) is 11.4. The van der Waals surface area contributed by atoms with Crippen molar-refractivity contribution >= 4 is 11.6 Å². The van der Waals surface area contributed by atoms with E-state index in [4.69, 9.17) is 16.2 Å². The highest BCUT2D eigenvalue weighted by Crippen LogP contribution is 2.06. The van der Waals surface area contributed by atoms with Crippen LogP contribution in [0, 0.1) is 0 Å². The predicted molar refractivity (Wildman–Crippen MR) is 61.8 cm³/mol. The smallest absolute Gasteiger partial charge is 0.134 e. The van der Waals surface area contributed by atoms with Crippen LogP contribution in [0.3, 0.4) is 0 Å². The first-order valence-corrected chi connectivity index (χ1v) is 5.43. The second-order valence-corrected chi connectivity index (χ2v) is 3.84. The minimum absolute atomic E-state index is 0.435. The Bertz CT molecular complexity index is 331. The SMILES string of the molecule is Nc1cc(N)nc(CCN2CCOCC2)n1. The summed E-state index contributed by atoms with van der Waals surface area (Å²) in [5, 5.41) is 0. The lowest BCUT2D eigenvalue weighted by Crippen LogP contribution is -2.37. The largest absolute Gasteiger partial charge is 0.384 e. The van der Waals surface area contributed by atoms with Crippen molar-refractivity contribution in [3.63, 3.8) is 0 Å². The average Bonchev–Trinajstić information content (AvgIpc) is 2.27. The molecule has 1 aromatic rings. The fraction of sp³-hybridized carbons (Fsp3) is 0.600. The van der Waals surface area contributed by atoms with E-state index in [-0.39, 0.29) is 0 Å². The van der Waals surface area contributed by atoms with Gasteiger partial charge in [0.25, 0.3) is 0 Å². The highest BCUT2D eigenvalue weighted by molar-refractivity contribution is 5.40. The zero-order valence-corrected chi connectivity index (χ0v) is 9.22. The third-order valence-electron chi connectivity index (χ3n) is 2.57. The van der Waals surface area contributed by atoms with Crippen molar-refractivity contribution in [1.82, 2.24) is 14.9 Å². The van der Waals surface area contributed by atoms with Crippen molar-refractivity contribution in [3.8, 4) is 0 Å². The molecule has 0 bridgehead atoms. The van der Waals surface area contributed by atoms with Gasteiger partial charge in [0.15, 0.2) is 0 Å². The highest BCUT2D eigenvalue weighted by Gasteiger charge is 2.10.